The second-order valence-electron chi connectivity index (χ2n) is 8.31. The van der Waals surface area contributed by atoms with Crippen molar-refractivity contribution in [3.63, 3.8) is 0 Å². The van der Waals surface area contributed by atoms with E-state index >= 15 is 0 Å². The van der Waals surface area contributed by atoms with Crippen LogP contribution in [0.3, 0.4) is 0 Å². The van der Waals surface area contributed by atoms with E-state index in [0.717, 1.165) is 11.1 Å². The Morgan fingerprint density at radius 1 is 1.00 bits per heavy atom. The van der Waals surface area contributed by atoms with Crippen molar-refractivity contribution in [1.29, 1.82) is 0 Å². The molecule has 2 N–H and O–H groups in total. The topological polar surface area (TPSA) is 78.9 Å². The van der Waals surface area contributed by atoms with Crippen LogP contribution in [0.25, 0.3) is 0 Å². The van der Waals surface area contributed by atoms with Crippen molar-refractivity contribution < 1.29 is 19.4 Å². The lowest BCUT2D eigenvalue weighted by molar-refractivity contribution is -0.138. The number of nitrogens with zero attached hydrogens (tertiary/aromatic N) is 1. The molecule has 35 heavy (non-hydrogen) atoms. The van der Waals surface area contributed by atoms with Gasteiger partial charge in [-0.05, 0) is 53.5 Å². The molecule has 0 spiro atoms. The lowest BCUT2D eigenvalue weighted by Gasteiger charge is -2.33. The minimum Gasteiger partial charge on any atom is -0.508 e. The van der Waals surface area contributed by atoms with Crippen molar-refractivity contribution in [3.8, 4) is 11.5 Å². The van der Waals surface area contributed by atoms with Gasteiger partial charge in [-0.3, -0.25) is 14.5 Å². The molecule has 0 radical (unpaired) electrons. The lowest BCUT2D eigenvalue weighted by Crippen LogP contribution is -2.43. The summed E-state index contributed by atoms with van der Waals surface area (Å²) in [5.74, 6) is 0.425. The van der Waals surface area contributed by atoms with Gasteiger partial charge in [-0.1, -0.05) is 54.6 Å². The lowest BCUT2D eigenvalue weighted by atomic mass is 9.99. The summed E-state index contributed by atoms with van der Waals surface area (Å²) >= 11 is 0. The Morgan fingerprint density at radius 3 is 2.29 bits per heavy atom. The van der Waals surface area contributed by atoms with Gasteiger partial charge in [0, 0.05) is 19.4 Å². The molecular weight excluding hydrogens is 440 g/mol. The number of methoxy groups -OCH3 is 1. The smallest absolute Gasteiger partial charge is 0.248 e. The Balaban J connectivity index is 1.60. The Hall–Kier alpha value is -4.28. The van der Waals surface area contributed by atoms with Gasteiger partial charge in [0.25, 0.3) is 0 Å². The number of hydrogen-bond acceptors (Lipinski definition) is 4. The van der Waals surface area contributed by atoms with Gasteiger partial charge in [0.2, 0.25) is 11.8 Å². The van der Waals surface area contributed by atoms with E-state index in [4.69, 9.17) is 4.74 Å². The first-order valence-corrected chi connectivity index (χ1v) is 11.5. The molecule has 3 aromatic rings. The first-order valence-electron chi connectivity index (χ1n) is 11.5. The second kappa shape index (κ2) is 11.2. The maximum atomic E-state index is 13.6. The van der Waals surface area contributed by atoms with E-state index in [0.29, 0.717) is 36.4 Å². The van der Waals surface area contributed by atoms with Crippen LogP contribution in [0.5, 0.6) is 11.5 Å². The van der Waals surface area contributed by atoms with Gasteiger partial charge in [-0.2, -0.15) is 0 Å². The average molecular weight is 469 g/mol. The number of ether oxygens (including phenoxy) is 1. The van der Waals surface area contributed by atoms with E-state index in [1.165, 1.54) is 0 Å². The van der Waals surface area contributed by atoms with Crippen molar-refractivity contribution in [1.82, 2.24) is 10.2 Å². The molecule has 0 saturated carbocycles. The largest absolute Gasteiger partial charge is 0.508 e. The van der Waals surface area contributed by atoms with Gasteiger partial charge in [0.05, 0.1) is 12.8 Å². The van der Waals surface area contributed by atoms with Crippen LogP contribution >= 0.6 is 0 Å². The first kappa shape index (κ1) is 23.9. The van der Waals surface area contributed by atoms with Crippen LogP contribution in [0, 0.1) is 0 Å². The molecule has 0 heterocycles. The number of rotatable bonds is 10. The van der Waals surface area contributed by atoms with Crippen LogP contribution < -0.4 is 10.1 Å². The van der Waals surface area contributed by atoms with Gasteiger partial charge in [0.15, 0.2) is 0 Å². The van der Waals surface area contributed by atoms with Crippen LogP contribution in [-0.2, 0) is 22.6 Å². The highest BCUT2D eigenvalue weighted by atomic mass is 16.5. The third-order valence-electron chi connectivity index (χ3n) is 5.94. The van der Waals surface area contributed by atoms with Gasteiger partial charge in [-0.25, -0.2) is 0 Å². The number of phenols is 1. The Kier molecular flexibility index (Phi) is 7.66. The summed E-state index contributed by atoms with van der Waals surface area (Å²) in [6.07, 6.45) is 3.13. The fraction of sp³-hybridized carbons (Fsp3) is 0.207. The van der Waals surface area contributed by atoms with Crippen molar-refractivity contribution in [3.05, 3.63) is 113 Å². The van der Waals surface area contributed by atoms with Gasteiger partial charge >= 0.3 is 0 Å². The SMILES string of the molecule is COc1ccc(C(C(=O)NCc2ccccc2)N(C(=O)CCc2ccc(O)cc2)C2=C=CC2)cc1. The average Bonchev–Trinajstić information content (AvgIpc) is 2.86. The van der Waals surface area contributed by atoms with Crippen LogP contribution in [-0.4, -0.2) is 28.9 Å². The van der Waals surface area contributed by atoms with E-state index < -0.39 is 6.04 Å². The number of benzene rings is 3. The van der Waals surface area contributed by atoms with E-state index in [-0.39, 0.29) is 24.0 Å². The Morgan fingerprint density at radius 2 is 1.69 bits per heavy atom. The number of aryl methyl sites for hydroxylation is 1. The third-order valence-corrected chi connectivity index (χ3v) is 5.94. The third kappa shape index (κ3) is 5.99. The molecule has 2 amide bonds. The minimum absolute atomic E-state index is 0.163. The maximum Gasteiger partial charge on any atom is 0.248 e. The molecule has 1 unspecified atom stereocenters. The predicted molar refractivity (Wildman–Crippen MR) is 134 cm³/mol. The number of hydrogen-bond donors (Lipinski definition) is 2. The summed E-state index contributed by atoms with van der Waals surface area (Å²) in [5, 5.41) is 12.5. The molecule has 0 fully saturated rings. The van der Waals surface area contributed by atoms with Crippen molar-refractivity contribution in [2.24, 2.45) is 0 Å². The summed E-state index contributed by atoms with van der Waals surface area (Å²) in [7, 11) is 1.59. The summed E-state index contributed by atoms with van der Waals surface area (Å²) < 4.78 is 5.28. The highest BCUT2D eigenvalue weighted by Gasteiger charge is 2.34. The molecule has 6 heteroatoms. The minimum atomic E-state index is -0.840. The highest BCUT2D eigenvalue weighted by molar-refractivity contribution is 5.90. The van der Waals surface area contributed by atoms with Gasteiger partial charge in [-0.15, -0.1) is 5.73 Å². The summed E-state index contributed by atoms with van der Waals surface area (Å²) in [5.41, 5.74) is 6.38. The zero-order valence-corrected chi connectivity index (χ0v) is 19.6. The Bertz CT molecular complexity index is 1230. The van der Waals surface area contributed by atoms with Crippen LogP contribution in [0.4, 0.5) is 0 Å². The molecule has 0 aliphatic heterocycles. The van der Waals surface area contributed by atoms with Gasteiger partial charge < -0.3 is 15.2 Å². The zero-order chi connectivity index (χ0) is 24.6. The van der Waals surface area contributed by atoms with E-state index in [9.17, 15) is 14.7 Å². The number of nitrogens with one attached hydrogen (secondary N) is 1. The molecule has 178 valence electrons. The number of carbonyl (C=O) groups excluding carboxylic acids is 2. The van der Waals surface area contributed by atoms with Crippen LogP contribution in [0.15, 0.2) is 96.4 Å². The normalized spacial score (nSPS) is 12.8. The standard InChI is InChI=1S/C29H28N2O4/c1-35-26-17-13-23(14-18-26)28(29(34)30-20-22-6-3-2-4-7-22)31(24-8-5-9-24)27(33)19-12-21-10-15-25(32)16-11-21/h2-7,10-11,13-18,28,32H,8,12,19-20H2,1H3,(H,30,34). The van der Waals surface area contributed by atoms with E-state index in [2.05, 4.69) is 11.0 Å². The number of aromatic hydroxyl groups is 1. The summed E-state index contributed by atoms with van der Waals surface area (Å²) in [6.45, 7) is 0.358. The molecule has 1 atom stereocenters. The number of carbonyl (C=O) groups is 2. The molecule has 3 aromatic carbocycles. The molecule has 1 aliphatic carbocycles. The molecule has 0 saturated heterocycles. The molecule has 0 aromatic heterocycles. The fourth-order valence-electron chi connectivity index (χ4n) is 3.93. The zero-order valence-electron chi connectivity index (χ0n) is 19.6. The number of phenolic OH excluding ortho intramolecular Hbond substituents is 1. The van der Waals surface area contributed by atoms with Crippen molar-refractivity contribution >= 4 is 11.8 Å². The quantitative estimate of drug-likeness (QED) is 0.424. The first-order chi connectivity index (χ1) is 17.0. The van der Waals surface area contributed by atoms with Crippen LogP contribution in [0.2, 0.25) is 0 Å². The monoisotopic (exact) mass is 468 g/mol. The van der Waals surface area contributed by atoms with E-state index in [1.807, 2.05) is 48.5 Å². The predicted octanol–water partition coefficient (Wildman–Crippen LogP) is 4.66. The van der Waals surface area contributed by atoms with Crippen molar-refractivity contribution in [2.75, 3.05) is 7.11 Å². The highest BCUT2D eigenvalue weighted by Crippen LogP contribution is 2.31. The molecule has 6 nitrogen and oxygen atoms in total. The van der Waals surface area contributed by atoms with Crippen LogP contribution in [0.1, 0.15) is 35.6 Å². The summed E-state index contributed by atoms with van der Waals surface area (Å²) in [4.78, 5) is 28.7. The molecular formula is C29H28N2O4. The van der Waals surface area contributed by atoms with E-state index in [1.54, 1.807) is 48.4 Å². The summed E-state index contributed by atoms with van der Waals surface area (Å²) in [6, 6.07) is 22.8. The maximum absolute atomic E-state index is 13.6. The molecule has 4 rings (SSSR count). The molecule has 0 bridgehead atoms. The molecule has 1 aliphatic rings. The second-order valence-corrected chi connectivity index (χ2v) is 8.31. The van der Waals surface area contributed by atoms with Crippen molar-refractivity contribution in [2.45, 2.75) is 31.8 Å². The van der Waals surface area contributed by atoms with Gasteiger partial charge in [0.1, 0.15) is 17.5 Å². The number of amides is 2. The fourth-order valence-corrected chi connectivity index (χ4v) is 3.93. The Labute approximate surface area is 205 Å².